The van der Waals surface area contributed by atoms with Crippen LogP contribution in [0, 0.1) is 0 Å². The van der Waals surface area contributed by atoms with Gasteiger partial charge in [-0.15, -0.1) is 0 Å². The zero-order chi connectivity index (χ0) is 31.6. The predicted octanol–water partition coefficient (Wildman–Crippen LogP) is 11.1. The van der Waals surface area contributed by atoms with E-state index in [1.54, 1.807) is 12.4 Å². The van der Waals surface area contributed by atoms with Crippen LogP contribution in [0.1, 0.15) is 0 Å². The van der Waals surface area contributed by atoms with Gasteiger partial charge in [0.15, 0.2) is 0 Å². The Morgan fingerprint density at radius 1 is 0.354 bits per heavy atom. The minimum atomic E-state index is 0.877. The molecule has 4 heteroatoms. The van der Waals surface area contributed by atoms with Gasteiger partial charge in [-0.1, -0.05) is 84.9 Å². The van der Waals surface area contributed by atoms with Crippen molar-refractivity contribution in [3.63, 3.8) is 0 Å². The highest BCUT2D eigenvalue weighted by atomic mass is 14.8. The summed E-state index contributed by atoms with van der Waals surface area (Å²) in [6.07, 6.45) is 9.04. The van der Waals surface area contributed by atoms with Crippen LogP contribution in [0.4, 0.5) is 0 Å². The molecule has 3 heterocycles. The van der Waals surface area contributed by atoms with Crippen molar-refractivity contribution in [2.24, 2.45) is 0 Å². The Labute approximate surface area is 276 Å². The van der Waals surface area contributed by atoms with Crippen LogP contribution >= 0.6 is 0 Å². The largest absolute Gasteiger partial charge is 0.261 e. The number of hydrogen-bond donors (Lipinski definition) is 0. The Balaban J connectivity index is 1.27. The molecule has 0 unspecified atom stereocenters. The molecular formula is C44H26N4. The van der Waals surface area contributed by atoms with Crippen molar-refractivity contribution >= 4 is 54.1 Å². The molecule has 222 valence electrons. The van der Waals surface area contributed by atoms with E-state index in [9.17, 15) is 0 Å². The molecule has 0 spiro atoms. The van der Waals surface area contributed by atoms with Crippen molar-refractivity contribution in [1.29, 1.82) is 0 Å². The first-order chi connectivity index (χ1) is 23.8. The van der Waals surface area contributed by atoms with Crippen LogP contribution in [0.15, 0.2) is 158 Å². The van der Waals surface area contributed by atoms with E-state index in [0.29, 0.717) is 0 Å². The molecule has 7 aromatic carbocycles. The van der Waals surface area contributed by atoms with Gasteiger partial charge in [0, 0.05) is 41.1 Å². The van der Waals surface area contributed by atoms with Gasteiger partial charge in [0.1, 0.15) is 0 Å². The topological polar surface area (TPSA) is 51.6 Å². The van der Waals surface area contributed by atoms with Crippen LogP contribution in [-0.4, -0.2) is 19.9 Å². The molecule has 0 amide bonds. The van der Waals surface area contributed by atoms with E-state index in [1.807, 2.05) is 30.7 Å². The van der Waals surface area contributed by atoms with E-state index < -0.39 is 0 Å². The van der Waals surface area contributed by atoms with Crippen molar-refractivity contribution in [1.82, 2.24) is 19.9 Å². The van der Waals surface area contributed by atoms with Crippen molar-refractivity contribution in [3.05, 3.63) is 158 Å². The van der Waals surface area contributed by atoms with Crippen molar-refractivity contribution in [2.45, 2.75) is 0 Å². The first kappa shape index (κ1) is 26.7. The number of fused-ring (bicyclic) bond motifs is 2. The Morgan fingerprint density at radius 3 is 1.44 bits per heavy atom. The van der Waals surface area contributed by atoms with Gasteiger partial charge < -0.3 is 0 Å². The molecule has 0 fully saturated rings. The molecular weight excluding hydrogens is 585 g/mol. The standard InChI is InChI=1S/C44H26N4/c1-5-32(35-7-3-19-46-40(35)9-1)29-23-30(33-6-2-10-41-36(33)8-4-20-47-41)25-31(24-29)34-15-11-27-14-18-39-37(42-26-45-21-22-48-42)16-12-28-13-17-38(34)43(27)44(28)39/h1-26H. The second kappa shape index (κ2) is 10.5. The molecule has 0 atom stereocenters. The maximum Gasteiger partial charge on any atom is 0.0891 e. The fourth-order valence-electron chi connectivity index (χ4n) is 7.52. The van der Waals surface area contributed by atoms with Gasteiger partial charge >= 0.3 is 0 Å². The highest BCUT2D eigenvalue weighted by molar-refractivity contribution is 6.27. The fourth-order valence-corrected chi connectivity index (χ4v) is 7.52. The molecule has 0 saturated heterocycles. The summed E-state index contributed by atoms with van der Waals surface area (Å²) in [5.74, 6) is 0. The molecule has 10 aromatic rings. The summed E-state index contributed by atoms with van der Waals surface area (Å²) in [4.78, 5) is 18.3. The minimum Gasteiger partial charge on any atom is -0.261 e. The molecule has 0 aliphatic heterocycles. The Kier molecular flexibility index (Phi) is 5.84. The number of pyridine rings is 2. The summed E-state index contributed by atoms with van der Waals surface area (Å²) < 4.78 is 0. The molecule has 0 bridgehead atoms. The van der Waals surface area contributed by atoms with Gasteiger partial charge in [0.25, 0.3) is 0 Å². The molecule has 0 aliphatic rings. The summed E-state index contributed by atoms with van der Waals surface area (Å²) in [5.41, 5.74) is 10.9. The fraction of sp³-hybridized carbons (Fsp3) is 0. The number of nitrogens with zero attached hydrogens (tertiary/aromatic N) is 4. The summed E-state index contributed by atoms with van der Waals surface area (Å²) in [5, 5.41) is 9.64. The molecule has 4 nitrogen and oxygen atoms in total. The number of hydrogen-bond acceptors (Lipinski definition) is 4. The van der Waals surface area contributed by atoms with Crippen LogP contribution in [0.3, 0.4) is 0 Å². The highest BCUT2D eigenvalue weighted by Crippen LogP contribution is 2.44. The summed E-state index contributed by atoms with van der Waals surface area (Å²) in [6, 6.07) is 46.1. The molecule has 48 heavy (non-hydrogen) atoms. The minimum absolute atomic E-state index is 0.877. The highest BCUT2D eigenvalue weighted by Gasteiger charge is 2.17. The van der Waals surface area contributed by atoms with Gasteiger partial charge in [-0.3, -0.25) is 19.9 Å². The quantitative estimate of drug-likeness (QED) is 0.186. The van der Waals surface area contributed by atoms with E-state index in [-0.39, 0.29) is 0 Å². The Morgan fingerprint density at radius 2 is 0.875 bits per heavy atom. The zero-order valence-electron chi connectivity index (χ0n) is 25.8. The van der Waals surface area contributed by atoms with E-state index in [0.717, 1.165) is 60.9 Å². The van der Waals surface area contributed by atoms with Crippen molar-refractivity contribution < 1.29 is 0 Å². The van der Waals surface area contributed by atoms with Crippen LogP contribution < -0.4 is 0 Å². The van der Waals surface area contributed by atoms with Crippen molar-refractivity contribution in [3.8, 4) is 44.6 Å². The number of aromatic nitrogens is 4. The van der Waals surface area contributed by atoms with E-state index in [2.05, 4.69) is 135 Å². The lowest BCUT2D eigenvalue weighted by atomic mass is 9.86. The Bertz CT molecular complexity index is 2730. The molecule has 3 aromatic heterocycles. The lowest BCUT2D eigenvalue weighted by Gasteiger charge is -2.18. The van der Waals surface area contributed by atoms with Gasteiger partial charge in [-0.25, -0.2) is 0 Å². The van der Waals surface area contributed by atoms with Crippen LogP contribution in [0.25, 0.3) is 98.8 Å². The summed E-state index contributed by atoms with van der Waals surface area (Å²) in [6.45, 7) is 0. The van der Waals surface area contributed by atoms with E-state index in [4.69, 9.17) is 0 Å². The lowest BCUT2D eigenvalue weighted by molar-refractivity contribution is 1.21. The first-order valence-corrected chi connectivity index (χ1v) is 16.1. The van der Waals surface area contributed by atoms with E-state index in [1.165, 1.54) is 37.9 Å². The molecule has 10 rings (SSSR count). The third-order valence-electron chi connectivity index (χ3n) is 9.66. The summed E-state index contributed by atoms with van der Waals surface area (Å²) >= 11 is 0. The van der Waals surface area contributed by atoms with E-state index >= 15 is 0 Å². The third kappa shape index (κ3) is 4.10. The lowest BCUT2D eigenvalue weighted by Crippen LogP contribution is -1.92. The van der Waals surface area contributed by atoms with Crippen LogP contribution in [0.2, 0.25) is 0 Å². The predicted molar refractivity (Wildman–Crippen MR) is 198 cm³/mol. The van der Waals surface area contributed by atoms with Crippen LogP contribution in [-0.2, 0) is 0 Å². The third-order valence-corrected chi connectivity index (χ3v) is 9.66. The molecule has 0 aliphatic carbocycles. The maximum absolute atomic E-state index is 4.67. The van der Waals surface area contributed by atoms with Crippen LogP contribution in [0.5, 0.6) is 0 Å². The smallest absolute Gasteiger partial charge is 0.0891 e. The second-order valence-corrected chi connectivity index (χ2v) is 12.3. The van der Waals surface area contributed by atoms with Crippen molar-refractivity contribution in [2.75, 3.05) is 0 Å². The average Bonchev–Trinajstić information content (AvgIpc) is 3.16. The first-order valence-electron chi connectivity index (χ1n) is 16.1. The van der Waals surface area contributed by atoms with Gasteiger partial charge in [0.05, 0.1) is 22.9 Å². The maximum atomic E-state index is 4.67. The Hall–Kier alpha value is -6.52. The molecule has 0 N–H and O–H groups in total. The zero-order valence-corrected chi connectivity index (χ0v) is 25.8. The number of rotatable bonds is 4. The van der Waals surface area contributed by atoms with Gasteiger partial charge in [-0.05, 0) is 108 Å². The molecule has 0 radical (unpaired) electrons. The monoisotopic (exact) mass is 610 g/mol. The van der Waals surface area contributed by atoms with Gasteiger partial charge in [-0.2, -0.15) is 0 Å². The normalized spacial score (nSPS) is 11.8. The SMILES string of the molecule is c1cc(-c2cc(-c3cccc4ncccc34)cc(-c3ccc4ccc5c(-c6cnccn6)ccc6ccc3c4c65)c2)c2cccnc2c1. The average molecular weight is 611 g/mol. The second-order valence-electron chi connectivity index (χ2n) is 12.3. The summed E-state index contributed by atoms with van der Waals surface area (Å²) in [7, 11) is 0. The number of benzene rings is 7. The van der Waals surface area contributed by atoms with Gasteiger partial charge in [0.2, 0.25) is 0 Å². The molecule has 0 saturated carbocycles.